The van der Waals surface area contributed by atoms with Gasteiger partial charge in [-0.05, 0) is 142 Å². The van der Waals surface area contributed by atoms with Gasteiger partial charge in [0.1, 0.15) is 0 Å². The van der Waals surface area contributed by atoms with E-state index in [9.17, 15) is 43.2 Å². The number of nitrogens with zero attached hydrogens (tertiary/aromatic N) is 1. The van der Waals surface area contributed by atoms with Crippen LogP contribution in [0.1, 0.15) is 348 Å². The van der Waals surface area contributed by atoms with Gasteiger partial charge in [0.15, 0.2) is 0 Å². The largest absolute Gasteiger partial charge is 2.00 e. The van der Waals surface area contributed by atoms with Crippen molar-refractivity contribution in [2.75, 3.05) is 62.4 Å². The number of carboxylic acids is 2. The van der Waals surface area contributed by atoms with Gasteiger partial charge in [-0.2, -0.15) is 0 Å². The predicted molar refractivity (Wildman–Crippen MR) is 495 cm³/mol. The van der Waals surface area contributed by atoms with E-state index in [-0.39, 0.29) is 202 Å². The predicted octanol–water partition coefficient (Wildman–Crippen LogP) is 20.6. The van der Waals surface area contributed by atoms with E-state index < -0.39 is 11.9 Å². The number of carboxylic acid groups (broad SMARTS) is 2. The van der Waals surface area contributed by atoms with E-state index in [1.54, 1.807) is 42.2 Å². The molecular formula is C95H190Fe6N8O11. The minimum absolute atomic E-state index is 0. The Hall–Kier alpha value is -1.95. The van der Waals surface area contributed by atoms with Crippen molar-refractivity contribution in [3.05, 3.63) is 74.3 Å². The Labute approximate surface area is 802 Å². The van der Waals surface area contributed by atoms with Gasteiger partial charge in [0.2, 0.25) is 41.4 Å². The van der Waals surface area contributed by atoms with E-state index >= 15 is 0 Å². The van der Waals surface area contributed by atoms with Crippen molar-refractivity contribution in [3.8, 4) is 0 Å². The Bertz CT molecular complexity index is 2120. The molecule has 0 aromatic heterocycles. The molecule has 120 heavy (non-hydrogen) atoms. The average molecular weight is 1960 g/mol. The SMILES string of the molecule is C1CCCC1.C1CCCC1.C1CCCC1.CC(=O)NC1CCCC1.CCC1CCC(C(=O)NC)C1.CCC1CCCC1.CN(C)CCNC(=O)C1CCCC1.CNC(=O)C1CCC(C(=O)O)C1.CNC(=O)C1CCCC1.CNC(=O)C1CCCC1.CNC(=O)C1CCCC1.O=C(O)C1CCCC1.[CH2]=[Fe+].[CH2]=[Fe+].[CH3-].[CH3-].[CH3-].[CH3-].[CH3-].[CH3-].[CH3-].[CH3-].[CH3-].[CH3-].[Fe+2].[Fe+2].[Fe+2].[Fe+2]. The molecule has 0 spiro atoms. The summed E-state index contributed by atoms with van der Waals surface area (Å²) in [5.74, 6) is 2.97. The van der Waals surface area contributed by atoms with Crippen LogP contribution in [0.3, 0.4) is 0 Å². The third-order valence-electron chi connectivity index (χ3n) is 22.9. The molecule has 7 amide bonds. The summed E-state index contributed by atoms with van der Waals surface area (Å²) in [6.45, 7) is 7.80. The first kappa shape index (κ1) is 155. The van der Waals surface area contributed by atoms with Gasteiger partial charge < -0.3 is 127 Å². The van der Waals surface area contributed by atoms with Crippen molar-refractivity contribution in [1.82, 2.24) is 42.1 Å². The molecule has 0 aliphatic heterocycles. The van der Waals surface area contributed by atoms with Crippen LogP contribution in [0, 0.1) is 133 Å². The topological polar surface area (TPSA) is 282 Å². The molecule has 0 saturated heterocycles. The second-order valence-corrected chi connectivity index (χ2v) is 31.3. The van der Waals surface area contributed by atoms with Crippen LogP contribution in [-0.4, -0.2) is 148 Å². The summed E-state index contributed by atoms with van der Waals surface area (Å²) >= 11 is 6.00. The Morgan fingerprint density at radius 1 is 0.300 bits per heavy atom. The number of aliphatic carboxylic acids is 2. The quantitative estimate of drug-likeness (QED) is 0.0580. The first-order valence-corrected chi connectivity index (χ1v) is 44.0. The number of hydrogen-bond acceptors (Lipinski definition) is 10. The van der Waals surface area contributed by atoms with Gasteiger partial charge in [-0.15, -0.1) is 0 Å². The van der Waals surface area contributed by atoms with Gasteiger partial charge >= 0.3 is 122 Å². The molecule has 0 radical (unpaired) electrons. The molecule has 12 saturated carbocycles. The zero-order valence-electron chi connectivity index (χ0n) is 80.4. The molecule has 12 rings (SSSR count). The number of nitrogens with one attached hydrogen (secondary N) is 7. The van der Waals surface area contributed by atoms with Crippen LogP contribution in [0.2, 0.25) is 0 Å². The van der Waals surface area contributed by atoms with E-state index in [1.165, 1.54) is 218 Å². The molecule has 0 bridgehead atoms. The summed E-state index contributed by atoms with van der Waals surface area (Å²) in [4.78, 5) is 99.7. The van der Waals surface area contributed by atoms with Crippen molar-refractivity contribution in [2.45, 2.75) is 354 Å². The van der Waals surface area contributed by atoms with Crippen LogP contribution in [-0.2, 0) is 143 Å². The van der Waals surface area contributed by atoms with E-state index in [2.05, 4.69) is 98.0 Å². The molecule has 12 fully saturated rings. The smallest absolute Gasteiger partial charge is 0.358 e. The summed E-state index contributed by atoms with van der Waals surface area (Å²) in [5.41, 5.74) is 6.00. The van der Waals surface area contributed by atoms with Gasteiger partial charge in [0, 0.05) is 96.8 Å². The number of carbonyl (C=O) groups is 9. The average Bonchev–Trinajstić information content (AvgIpc) is 1.74. The van der Waals surface area contributed by atoms with Crippen molar-refractivity contribution < 1.29 is 153 Å². The normalized spacial score (nSPS) is 19.5. The molecule has 19 nitrogen and oxygen atoms in total. The molecule has 4 atom stereocenters. The second-order valence-electron chi connectivity index (χ2n) is 31.3. The molecule has 0 aromatic rings. The summed E-state index contributed by atoms with van der Waals surface area (Å²) < 4.78 is 0. The summed E-state index contributed by atoms with van der Waals surface area (Å²) in [6, 6.07) is 0.488. The van der Waals surface area contributed by atoms with Crippen molar-refractivity contribution in [2.24, 2.45) is 59.2 Å². The first-order chi connectivity index (χ1) is 51.2. The molecule has 9 N–H and O–H groups in total. The summed E-state index contributed by atoms with van der Waals surface area (Å²) in [7, 11) is 12.5. The maximum atomic E-state index is 11.5. The maximum Gasteiger partial charge on any atom is 2.00 e. The van der Waals surface area contributed by atoms with E-state index in [1.807, 2.05) is 14.1 Å². The molecule has 12 aliphatic rings. The third kappa shape index (κ3) is 83.0. The molecular weight excluding hydrogens is 1760 g/mol. The van der Waals surface area contributed by atoms with Gasteiger partial charge in [-0.3, -0.25) is 43.2 Å². The van der Waals surface area contributed by atoms with Crippen molar-refractivity contribution in [1.29, 1.82) is 0 Å². The molecule has 724 valence electrons. The van der Waals surface area contributed by atoms with Crippen LogP contribution in [0.4, 0.5) is 0 Å². The van der Waals surface area contributed by atoms with Gasteiger partial charge in [-0.1, -0.05) is 226 Å². The third-order valence-corrected chi connectivity index (χ3v) is 22.9. The number of amides is 7. The number of rotatable bonds is 14. The van der Waals surface area contributed by atoms with Crippen LogP contribution in [0.25, 0.3) is 0 Å². The Morgan fingerprint density at radius 2 is 0.525 bits per heavy atom. The zero-order chi connectivity index (χ0) is 79.6. The molecule has 25 heteroatoms. The fraction of sp³-hybridized carbons (Fsp3) is 0.779. The minimum atomic E-state index is -0.776. The van der Waals surface area contributed by atoms with Gasteiger partial charge in [-0.25, -0.2) is 0 Å². The fourth-order valence-corrected chi connectivity index (χ4v) is 16.0. The standard InChI is InChI=1S/C10H20N2O.C9H17NO.C8H13NO3.4C7H13NO.C7H14.C6H10O2.3C5H10.10CH3.2CH2.6Fe/c1-12(2)8-7-11-10(13)9-5-3-4-6-9;1-3-7-4-5-8(6-7)9(11)10-2;1-9-7(10)5-2-3-6(4-5)8(11)12;3*1-8-7(9)6-4-2-3-5-6;1-6(9)8-7-4-2-3-5-7;1-2-7-5-3-4-6-7;7-6(8)5-3-1-2-4-5;3*1-2-4-5-3-1;;;;;;;;;;;;;;;;;;/h9H,3-8H2,1-2H3,(H,11,13);7-8H,3-6H2,1-2H3,(H,10,11);5-6H,2-4H2,1H3,(H,9,10)(H,11,12);3*6H,2-5H2,1H3,(H,8,9);7H,2-5H2,1H3,(H,8,9);7H,2-6H2,1H3;5H,1-4H2,(H,7,8);3*1-5H2;10*1H3;2*1H2;;;;;;/q;;;;;;;;;;;;10*-1;;;2*+1;4*+2. The van der Waals surface area contributed by atoms with Gasteiger partial charge in [0.05, 0.1) is 11.8 Å². The summed E-state index contributed by atoms with van der Waals surface area (Å²) in [5, 5.41) is 36.2. The molecule has 0 aromatic carbocycles. The van der Waals surface area contributed by atoms with Crippen LogP contribution in [0.5, 0.6) is 0 Å². The Morgan fingerprint density at radius 3 is 0.742 bits per heavy atom. The molecule has 12 aliphatic carbocycles. The van der Waals surface area contributed by atoms with Crippen LogP contribution in [0.15, 0.2) is 0 Å². The molecule has 4 unspecified atom stereocenters. The number of carbonyl (C=O) groups excluding carboxylic acids is 7. The van der Waals surface area contributed by atoms with Crippen LogP contribution < -0.4 is 37.2 Å². The van der Waals surface area contributed by atoms with E-state index in [0.29, 0.717) is 54.9 Å². The maximum absolute atomic E-state index is 11.5. The number of hydrogen-bond donors (Lipinski definition) is 9. The molecule has 0 heterocycles. The zero-order valence-corrected chi connectivity index (χ0v) is 87.0. The minimum Gasteiger partial charge on any atom is -0.358 e. The van der Waals surface area contributed by atoms with Crippen LogP contribution >= 0.6 is 0 Å². The number of likely N-dealkylation sites (N-methyl/N-ethyl adjacent to an activating group) is 1. The van der Waals surface area contributed by atoms with Crippen molar-refractivity contribution in [3.63, 3.8) is 0 Å². The Kier molecular flexibility index (Phi) is 139. The first-order valence-electron chi connectivity index (χ1n) is 42.4. The fourth-order valence-electron chi connectivity index (χ4n) is 16.0. The van der Waals surface area contributed by atoms with Crippen molar-refractivity contribution >= 4 is 64.1 Å². The van der Waals surface area contributed by atoms with E-state index in [4.69, 9.17) is 10.2 Å². The summed E-state index contributed by atoms with van der Waals surface area (Å²) in [6.07, 6.45) is 64.0. The Balaban J connectivity index is -0.0000000697. The van der Waals surface area contributed by atoms with E-state index in [0.717, 1.165) is 115 Å². The second kappa shape index (κ2) is 108. The monoisotopic (exact) mass is 1960 g/mol. The van der Waals surface area contributed by atoms with Gasteiger partial charge in [0.25, 0.3) is 0 Å².